The lowest BCUT2D eigenvalue weighted by Gasteiger charge is -2.36. The van der Waals surface area contributed by atoms with Crippen LogP contribution in [0.25, 0.3) is 16.6 Å². The van der Waals surface area contributed by atoms with Crippen LogP contribution >= 0.6 is 0 Å². The highest BCUT2D eigenvalue weighted by Crippen LogP contribution is 2.21. The van der Waals surface area contributed by atoms with Crippen LogP contribution in [-0.2, 0) is 13.0 Å². The van der Waals surface area contributed by atoms with Crippen molar-refractivity contribution in [2.75, 3.05) is 31.1 Å². The predicted molar refractivity (Wildman–Crippen MR) is 106 cm³/mol. The van der Waals surface area contributed by atoms with Gasteiger partial charge in [0.05, 0.1) is 11.9 Å². The monoisotopic (exact) mass is 361 g/mol. The Hall–Kier alpha value is -2.93. The molecule has 1 saturated heterocycles. The Bertz CT molecular complexity index is 1070. The van der Waals surface area contributed by atoms with E-state index < -0.39 is 0 Å². The van der Waals surface area contributed by atoms with E-state index in [0.29, 0.717) is 0 Å². The van der Waals surface area contributed by atoms with Crippen LogP contribution < -0.4 is 4.90 Å². The van der Waals surface area contributed by atoms with Crippen molar-refractivity contribution in [3.8, 4) is 0 Å². The summed E-state index contributed by atoms with van der Waals surface area (Å²) in [6.07, 6.45) is 4.79. The minimum Gasteiger partial charge on any atom is -0.368 e. The fourth-order valence-corrected chi connectivity index (χ4v) is 3.91. The number of piperazine rings is 1. The van der Waals surface area contributed by atoms with Gasteiger partial charge in [0.15, 0.2) is 11.5 Å². The van der Waals surface area contributed by atoms with Gasteiger partial charge in [0.25, 0.3) is 0 Å². The van der Waals surface area contributed by atoms with Crippen LogP contribution in [0.15, 0.2) is 42.7 Å². The van der Waals surface area contributed by atoms with Crippen molar-refractivity contribution in [1.29, 1.82) is 0 Å². The van der Waals surface area contributed by atoms with Gasteiger partial charge in [-0.3, -0.25) is 4.90 Å². The number of aryl methyl sites for hydroxylation is 1. The van der Waals surface area contributed by atoms with Gasteiger partial charge < -0.3 is 9.88 Å². The second-order valence-corrected chi connectivity index (χ2v) is 7.07. The van der Waals surface area contributed by atoms with E-state index in [-0.39, 0.29) is 0 Å². The van der Waals surface area contributed by atoms with Gasteiger partial charge in [0.2, 0.25) is 0 Å². The summed E-state index contributed by atoms with van der Waals surface area (Å²) >= 11 is 0. The fraction of sp³-hybridized carbons (Fsp3) is 0.350. The van der Waals surface area contributed by atoms with Crippen molar-refractivity contribution in [3.63, 3.8) is 0 Å². The molecule has 0 spiro atoms. The van der Waals surface area contributed by atoms with E-state index in [4.69, 9.17) is 0 Å². The van der Waals surface area contributed by atoms with E-state index in [1.165, 1.54) is 16.5 Å². The molecular formula is C20H23N7. The third-order valence-corrected chi connectivity index (χ3v) is 5.44. The first-order chi connectivity index (χ1) is 13.3. The van der Waals surface area contributed by atoms with Gasteiger partial charge >= 0.3 is 0 Å². The minimum absolute atomic E-state index is 0.825. The Balaban J connectivity index is 1.28. The molecule has 7 heteroatoms. The van der Waals surface area contributed by atoms with Crippen molar-refractivity contribution in [3.05, 3.63) is 54.1 Å². The zero-order chi connectivity index (χ0) is 18.2. The maximum absolute atomic E-state index is 4.54. The lowest BCUT2D eigenvalue weighted by Crippen LogP contribution is -2.46. The average Bonchev–Trinajstić information content (AvgIpc) is 3.35. The summed E-state index contributed by atoms with van der Waals surface area (Å²) in [5.74, 6) is 0.903. The number of benzene rings is 1. The van der Waals surface area contributed by atoms with Gasteiger partial charge in [-0.25, -0.2) is 0 Å². The van der Waals surface area contributed by atoms with E-state index in [2.05, 4.69) is 67.3 Å². The van der Waals surface area contributed by atoms with Crippen molar-refractivity contribution in [2.45, 2.75) is 19.9 Å². The van der Waals surface area contributed by atoms with Crippen molar-refractivity contribution in [2.24, 2.45) is 0 Å². The van der Waals surface area contributed by atoms with Crippen molar-refractivity contribution in [1.82, 2.24) is 29.7 Å². The molecule has 4 aromatic rings. The molecule has 3 aromatic heterocycles. The smallest absolute Gasteiger partial charge is 0.179 e. The number of nitrogens with one attached hydrogen (secondary N) is 1. The molecule has 5 rings (SSSR count). The van der Waals surface area contributed by atoms with E-state index in [0.717, 1.165) is 56.3 Å². The zero-order valence-corrected chi connectivity index (χ0v) is 15.5. The van der Waals surface area contributed by atoms with E-state index in [1.54, 1.807) is 0 Å². The standard InChI is InChI=1S/C20H23N7/c1-2-19-23-24-20-12-16(13-22-27(19)20)26-10-8-25(9-11-26)14-15-4-3-5-18-17(15)6-7-21-18/h3-7,12-13,21H,2,8-11,14H2,1H3. The molecule has 1 N–H and O–H groups in total. The van der Waals surface area contributed by atoms with Crippen molar-refractivity contribution >= 4 is 22.2 Å². The van der Waals surface area contributed by atoms with Crippen LogP contribution in [0.4, 0.5) is 5.69 Å². The topological polar surface area (TPSA) is 65.4 Å². The third kappa shape index (κ3) is 2.94. The number of anilines is 1. The lowest BCUT2D eigenvalue weighted by molar-refractivity contribution is 0.250. The average molecular weight is 361 g/mol. The second kappa shape index (κ2) is 6.66. The quantitative estimate of drug-likeness (QED) is 0.605. The second-order valence-electron chi connectivity index (χ2n) is 7.07. The molecule has 4 heterocycles. The number of H-pyrrole nitrogens is 1. The van der Waals surface area contributed by atoms with Crippen molar-refractivity contribution < 1.29 is 0 Å². The molecule has 0 radical (unpaired) electrons. The van der Waals surface area contributed by atoms with Crippen LogP contribution in [0.2, 0.25) is 0 Å². The first-order valence-corrected chi connectivity index (χ1v) is 9.54. The molecule has 7 nitrogen and oxygen atoms in total. The Morgan fingerprint density at radius 1 is 1.07 bits per heavy atom. The number of hydrogen-bond donors (Lipinski definition) is 1. The number of fused-ring (bicyclic) bond motifs is 2. The lowest BCUT2D eigenvalue weighted by atomic mass is 10.1. The minimum atomic E-state index is 0.825. The highest BCUT2D eigenvalue weighted by molar-refractivity contribution is 5.82. The first-order valence-electron chi connectivity index (χ1n) is 9.54. The maximum Gasteiger partial charge on any atom is 0.179 e. The molecule has 0 aliphatic carbocycles. The van der Waals surface area contributed by atoms with Gasteiger partial charge in [0.1, 0.15) is 0 Å². The molecule has 1 aliphatic heterocycles. The normalized spacial score (nSPS) is 15.8. The van der Waals surface area contributed by atoms with Crippen LogP contribution in [0.1, 0.15) is 18.3 Å². The van der Waals surface area contributed by atoms with E-state index in [1.807, 2.05) is 16.9 Å². The fourth-order valence-electron chi connectivity index (χ4n) is 3.91. The molecule has 0 atom stereocenters. The molecule has 138 valence electrons. The Morgan fingerprint density at radius 2 is 1.96 bits per heavy atom. The van der Waals surface area contributed by atoms with Gasteiger partial charge in [0, 0.05) is 62.3 Å². The molecule has 0 bridgehead atoms. The van der Waals surface area contributed by atoms with Gasteiger partial charge in [-0.2, -0.15) is 9.61 Å². The number of nitrogens with zero attached hydrogens (tertiary/aromatic N) is 6. The SMILES string of the molecule is CCc1nnc2cc(N3CCN(Cc4cccc5[nH]ccc45)CC3)cnn12. The molecule has 0 amide bonds. The summed E-state index contributed by atoms with van der Waals surface area (Å²) in [4.78, 5) is 8.21. The number of rotatable bonds is 4. The molecule has 1 aliphatic rings. The van der Waals surface area contributed by atoms with E-state index >= 15 is 0 Å². The van der Waals surface area contributed by atoms with Gasteiger partial charge in [-0.1, -0.05) is 19.1 Å². The van der Waals surface area contributed by atoms with Crippen LogP contribution in [0.5, 0.6) is 0 Å². The molecule has 27 heavy (non-hydrogen) atoms. The number of aromatic nitrogens is 5. The van der Waals surface area contributed by atoms with Crippen LogP contribution in [-0.4, -0.2) is 55.9 Å². The Morgan fingerprint density at radius 3 is 2.81 bits per heavy atom. The Kier molecular flexibility index (Phi) is 4.01. The van der Waals surface area contributed by atoms with Gasteiger partial charge in [-0.15, -0.1) is 10.2 Å². The van der Waals surface area contributed by atoms with Gasteiger partial charge in [-0.05, 0) is 17.7 Å². The maximum atomic E-state index is 4.54. The molecular weight excluding hydrogens is 338 g/mol. The first kappa shape index (κ1) is 16.3. The highest BCUT2D eigenvalue weighted by Gasteiger charge is 2.19. The largest absolute Gasteiger partial charge is 0.368 e. The summed E-state index contributed by atoms with van der Waals surface area (Å²) in [7, 11) is 0. The molecule has 0 saturated carbocycles. The summed E-state index contributed by atoms with van der Waals surface area (Å²) in [5, 5.41) is 14.3. The molecule has 1 fully saturated rings. The molecule has 1 aromatic carbocycles. The highest BCUT2D eigenvalue weighted by atomic mass is 15.4. The summed E-state index contributed by atoms with van der Waals surface area (Å²) in [6, 6.07) is 10.8. The third-order valence-electron chi connectivity index (χ3n) is 5.44. The van der Waals surface area contributed by atoms with Crippen LogP contribution in [0, 0.1) is 0 Å². The molecule has 0 unspecified atom stereocenters. The number of hydrogen-bond acceptors (Lipinski definition) is 5. The van der Waals surface area contributed by atoms with E-state index in [9.17, 15) is 0 Å². The predicted octanol–water partition coefficient (Wildman–Crippen LogP) is 2.49. The van der Waals surface area contributed by atoms with Crippen LogP contribution in [0.3, 0.4) is 0 Å². The Labute approximate surface area is 157 Å². The summed E-state index contributed by atoms with van der Waals surface area (Å²) < 4.78 is 1.83. The zero-order valence-electron chi connectivity index (χ0n) is 15.5. The summed E-state index contributed by atoms with van der Waals surface area (Å²) in [6.45, 7) is 7.13. The summed E-state index contributed by atoms with van der Waals surface area (Å²) in [5.41, 5.74) is 4.56. The number of aromatic amines is 1.